The number of nitrogens with one attached hydrogen (secondary N) is 2. The second kappa shape index (κ2) is 4.35. The van der Waals surface area contributed by atoms with E-state index in [9.17, 15) is 4.79 Å². The van der Waals surface area contributed by atoms with Crippen molar-refractivity contribution in [1.29, 1.82) is 0 Å². The molecule has 3 rings (SSSR count). The molecule has 1 aromatic carbocycles. The summed E-state index contributed by atoms with van der Waals surface area (Å²) in [6, 6.07) is 5.72. The summed E-state index contributed by atoms with van der Waals surface area (Å²) >= 11 is 0. The fraction of sp³-hybridized carbons (Fsp3) is 0.214. The van der Waals surface area contributed by atoms with E-state index in [1.165, 1.54) is 0 Å². The molecular formula is C14H14N4O. The van der Waals surface area contributed by atoms with E-state index in [2.05, 4.69) is 20.2 Å². The number of H-pyrrole nitrogens is 2. The molecule has 3 aromatic rings. The predicted octanol–water partition coefficient (Wildman–Crippen LogP) is 2.44. The van der Waals surface area contributed by atoms with Crippen molar-refractivity contribution in [3.05, 3.63) is 46.8 Å². The fourth-order valence-electron chi connectivity index (χ4n) is 2.03. The van der Waals surface area contributed by atoms with Crippen molar-refractivity contribution in [1.82, 2.24) is 20.2 Å². The van der Waals surface area contributed by atoms with Crippen LogP contribution < -0.4 is 5.56 Å². The Kier molecular flexibility index (Phi) is 2.67. The predicted molar refractivity (Wildman–Crippen MR) is 74.0 cm³/mol. The van der Waals surface area contributed by atoms with E-state index in [1.807, 2.05) is 32.0 Å². The molecule has 5 heteroatoms. The van der Waals surface area contributed by atoms with Gasteiger partial charge in [-0.05, 0) is 17.7 Å². The molecule has 0 aliphatic carbocycles. The van der Waals surface area contributed by atoms with Crippen molar-refractivity contribution in [3.8, 4) is 11.1 Å². The Morgan fingerprint density at radius 3 is 2.74 bits per heavy atom. The second-order valence-electron chi connectivity index (χ2n) is 4.83. The topological polar surface area (TPSA) is 74.4 Å². The largest absolute Gasteiger partial charge is 0.343 e. The van der Waals surface area contributed by atoms with Gasteiger partial charge < -0.3 is 4.98 Å². The number of hydrogen-bond acceptors (Lipinski definition) is 3. The molecule has 0 bridgehead atoms. The van der Waals surface area contributed by atoms with Gasteiger partial charge in [-0.25, -0.2) is 0 Å². The highest BCUT2D eigenvalue weighted by Crippen LogP contribution is 2.21. The van der Waals surface area contributed by atoms with Crippen LogP contribution in [0.1, 0.15) is 25.6 Å². The maximum Gasteiger partial charge on any atom is 0.280 e. The number of hydrogen-bond donors (Lipinski definition) is 2. The Bertz CT molecular complexity index is 772. The molecule has 0 spiro atoms. The normalized spacial score (nSPS) is 11.3. The molecule has 19 heavy (non-hydrogen) atoms. The lowest BCUT2D eigenvalue weighted by Gasteiger charge is -2.06. The highest BCUT2D eigenvalue weighted by atomic mass is 16.1. The third kappa shape index (κ3) is 2.03. The van der Waals surface area contributed by atoms with E-state index in [1.54, 1.807) is 12.4 Å². The number of fused-ring (bicyclic) bond motifs is 1. The molecule has 0 aliphatic rings. The Balaban J connectivity index is 2.22. The summed E-state index contributed by atoms with van der Waals surface area (Å²) in [5.74, 6) is 0.916. The van der Waals surface area contributed by atoms with Crippen LogP contribution in [0.15, 0.2) is 35.4 Å². The first-order valence-electron chi connectivity index (χ1n) is 6.18. The SMILES string of the molecule is CC(C)c1nc(=O)c2cc(-c3cn[nH]c3)ccc2[nH]1. The van der Waals surface area contributed by atoms with E-state index in [0.717, 1.165) is 16.6 Å². The first-order chi connectivity index (χ1) is 9.15. The zero-order valence-corrected chi connectivity index (χ0v) is 10.8. The molecule has 2 aromatic heterocycles. The van der Waals surface area contributed by atoms with Crippen LogP contribution in [0.3, 0.4) is 0 Å². The number of rotatable bonds is 2. The van der Waals surface area contributed by atoms with E-state index in [-0.39, 0.29) is 11.5 Å². The molecule has 0 atom stereocenters. The summed E-state index contributed by atoms with van der Waals surface area (Å²) in [5.41, 5.74) is 2.53. The van der Waals surface area contributed by atoms with E-state index >= 15 is 0 Å². The van der Waals surface area contributed by atoms with Crippen LogP contribution in [0.2, 0.25) is 0 Å². The highest BCUT2D eigenvalue weighted by Gasteiger charge is 2.08. The van der Waals surface area contributed by atoms with Crippen LogP contribution in [0.5, 0.6) is 0 Å². The summed E-state index contributed by atoms with van der Waals surface area (Å²) in [7, 11) is 0. The molecule has 0 saturated carbocycles. The molecule has 0 saturated heterocycles. The molecule has 2 N–H and O–H groups in total. The highest BCUT2D eigenvalue weighted by molar-refractivity contribution is 5.83. The minimum Gasteiger partial charge on any atom is -0.343 e. The zero-order valence-electron chi connectivity index (χ0n) is 10.8. The Hall–Kier alpha value is -2.43. The summed E-state index contributed by atoms with van der Waals surface area (Å²) < 4.78 is 0. The molecule has 0 fully saturated rings. The number of nitrogens with zero attached hydrogens (tertiary/aromatic N) is 2. The van der Waals surface area contributed by atoms with Crippen LogP contribution in [0.25, 0.3) is 22.0 Å². The maximum absolute atomic E-state index is 12.1. The van der Waals surface area contributed by atoms with Crippen molar-refractivity contribution < 1.29 is 0 Å². The van der Waals surface area contributed by atoms with Gasteiger partial charge in [-0.15, -0.1) is 0 Å². The van der Waals surface area contributed by atoms with E-state index in [4.69, 9.17) is 0 Å². The van der Waals surface area contributed by atoms with E-state index in [0.29, 0.717) is 11.2 Å². The second-order valence-corrected chi connectivity index (χ2v) is 4.83. The van der Waals surface area contributed by atoms with Gasteiger partial charge in [0.15, 0.2) is 0 Å². The smallest absolute Gasteiger partial charge is 0.280 e. The quantitative estimate of drug-likeness (QED) is 0.737. The minimum absolute atomic E-state index is 0.192. The third-order valence-corrected chi connectivity index (χ3v) is 3.11. The van der Waals surface area contributed by atoms with Crippen molar-refractivity contribution >= 4 is 10.9 Å². The molecule has 0 aliphatic heterocycles. The molecule has 0 amide bonds. The van der Waals surface area contributed by atoms with Crippen LogP contribution in [-0.4, -0.2) is 20.2 Å². The number of aromatic nitrogens is 4. The van der Waals surface area contributed by atoms with Gasteiger partial charge in [-0.3, -0.25) is 9.89 Å². The van der Waals surface area contributed by atoms with Crippen LogP contribution in [0, 0.1) is 0 Å². The molecule has 5 nitrogen and oxygen atoms in total. The first-order valence-corrected chi connectivity index (χ1v) is 6.18. The van der Waals surface area contributed by atoms with Gasteiger partial charge in [-0.2, -0.15) is 10.1 Å². The van der Waals surface area contributed by atoms with Crippen LogP contribution >= 0.6 is 0 Å². The van der Waals surface area contributed by atoms with Crippen molar-refractivity contribution in [2.45, 2.75) is 19.8 Å². The fourth-order valence-corrected chi connectivity index (χ4v) is 2.03. The van der Waals surface area contributed by atoms with Crippen LogP contribution in [0.4, 0.5) is 0 Å². The lowest BCUT2D eigenvalue weighted by molar-refractivity contribution is 0.776. The summed E-state index contributed by atoms with van der Waals surface area (Å²) in [6.45, 7) is 4.01. The Morgan fingerprint density at radius 1 is 1.21 bits per heavy atom. The van der Waals surface area contributed by atoms with E-state index < -0.39 is 0 Å². The van der Waals surface area contributed by atoms with Crippen molar-refractivity contribution in [3.63, 3.8) is 0 Å². The van der Waals surface area contributed by atoms with Gasteiger partial charge in [0.05, 0.1) is 17.1 Å². The van der Waals surface area contributed by atoms with Gasteiger partial charge in [0, 0.05) is 17.7 Å². The van der Waals surface area contributed by atoms with Crippen molar-refractivity contribution in [2.24, 2.45) is 0 Å². The summed E-state index contributed by atoms with van der Waals surface area (Å²) in [6.07, 6.45) is 3.52. The first kappa shape index (κ1) is 11.6. The molecule has 2 heterocycles. The monoisotopic (exact) mass is 254 g/mol. The molecule has 0 unspecified atom stereocenters. The maximum atomic E-state index is 12.1. The zero-order chi connectivity index (χ0) is 13.4. The Morgan fingerprint density at radius 2 is 2.05 bits per heavy atom. The molecule has 0 radical (unpaired) electrons. The average Bonchev–Trinajstić information content (AvgIpc) is 2.92. The van der Waals surface area contributed by atoms with Crippen LogP contribution in [-0.2, 0) is 0 Å². The van der Waals surface area contributed by atoms with Gasteiger partial charge in [0.2, 0.25) is 0 Å². The summed E-state index contributed by atoms with van der Waals surface area (Å²) in [4.78, 5) is 19.4. The van der Waals surface area contributed by atoms with Gasteiger partial charge in [0.1, 0.15) is 5.82 Å². The van der Waals surface area contributed by atoms with Gasteiger partial charge >= 0.3 is 0 Å². The lowest BCUT2D eigenvalue weighted by atomic mass is 10.1. The van der Waals surface area contributed by atoms with Crippen molar-refractivity contribution in [2.75, 3.05) is 0 Å². The standard InChI is InChI=1S/C14H14N4O/c1-8(2)13-17-12-4-3-9(10-6-15-16-7-10)5-11(12)14(19)18-13/h3-8H,1-2H3,(H,15,16)(H,17,18,19). The molecular weight excluding hydrogens is 240 g/mol. The third-order valence-electron chi connectivity index (χ3n) is 3.11. The minimum atomic E-state index is -0.192. The Labute approximate surface area is 109 Å². The van der Waals surface area contributed by atoms with Gasteiger partial charge in [0.25, 0.3) is 5.56 Å². The molecule has 96 valence electrons. The average molecular weight is 254 g/mol. The van der Waals surface area contributed by atoms with Gasteiger partial charge in [-0.1, -0.05) is 19.9 Å². The number of benzene rings is 1. The summed E-state index contributed by atoms with van der Waals surface area (Å²) in [5, 5.41) is 7.28. The number of aromatic amines is 2. The lowest BCUT2D eigenvalue weighted by Crippen LogP contribution is -2.12.